The molecule has 0 radical (unpaired) electrons. The van der Waals surface area contributed by atoms with Gasteiger partial charge in [0.25, 0.3) is 5.91 Å². The first-order valence-corrected chi connectivity index (χ1v) is 9.82. The van der Waals surface area contributed by atoms with Crippen LogP contribution < -0.4 is 15.8 Å². The highest BCUT2D eigenvalue weighted by Gasteiger charge is 2.44. The minimum atomic E-state index is -4.71. The Hall–Kier alpha value is -2.81. The van der Waals surface area contributed by atoms with Gasteiger partial charge >= 0.3 is 6.18 Å². The lowest BCUT2D eigenvalue weighted by atomic mass is 9.94. The molecule has 2 heterocycles. The van der Waals surface area contributed by atoms with Gasteiger partial charge in [-0.15, -0.1) is 0 Å². The first-order chi connectivity index (χ1) is 14.3. The van der Waals surface area contributed by atoms with Crippen molar-refractivity contribution in [3.63, 3.8) is 0 Å². The Bertz CT molecular complexity index is 903. The molecule has 1 aliphatic rings. The number of hydrazine groups is 1. The number of hydrogen-bond donors (Lipinski definition) is 2. The summed E-state index contributed by atoms with van der Waals surface area (Å²) in [6, 6.07) is 8.78. The summed E-state index contributed by atoms with van der Waals surface area (Å²) in [5.41, 5.74) is 1.68. The molecular formula is C20H21ClF3N5O. The molecule has 6 nitrogen and oxygen atoms in total. The van der Waals surface area contributed by atoms with Crippen molar-refractivity contribution in [2.24, 2.45) is 0 Å². The standard InChI is InChI=1S/C20H21ClF3N5O/c1-2-4-14(13-5-7-15(21)8-6-13)11-27-18(30)16-12-29(19-25-9-3-10-26-19)28-17(16)20(22,23)24/h3,5-10,14,28H,2,4,11-12H2,1H3,(H,27,30). The van der Waals surface area contributed by atoms with E-state index >= 15 is 0 Å². The molecule has 0 saturated heterocycles. The SMILES string of the molecule is CCCC(CNC(=O)C1=C(C(F)(F)F)NN(c2ncccn2)C1)c1ccc(Cl)cc1. The van der Waals surface area contributed by atoms with E-state index in [-0.39, 0.29) is 25.0 Å². The Morgan fingerprint density at radius 1 is 1.27 bits per heavy atom. The number of halogens is 4. The van der Waals surface area contributed by atoms with Crippen LogP contribution in [0.3, 0.4) is 0 Å². The van der Waals surface area contributed by atoms with Crippen LogP contribution in [0.15, 0.2) is 54.0 Å². The zero-order valence-corrected chi connectivity index (χ0v) is 17.0. The van der Waals surface area contributed by atoms with Crippen LogP contribution in [0.25, 0.3) is 0 Å². The van der Waals surface area contributed by atoms with E-state index in [0.29, 0.717) is 5.02 Å². The van der Waals surface area contributed by atoms with Gasteiger partial charge in [0.1, 0.15) is 5.70 Å². The number of amides is 1. The van der Waals surface area contributed by atoms with Crippen LogP contribution >= 0.6 is 11.6 Å². The predicted octanol–water partition coefficient (Wildman–Crippen LogP) is 3.97. The van der Waals surface area contributed by atoms with Gasteiger partial charge in [-0.2, -0.15) is 13.2 Å². The Morgan fingerprint density at radius 3 is 2.53 bits per heavy atom. The third-order valence-corrected chi connectivity index (χ3v) is 4.96. The molecule has 1 amide bonds. The summed E-state index contributed by atoms with van der Waals surface area (Å²) in [4.78, 5) is 20.5. The lowest BCUT2D eigenvalue weighted by Gasteiger charge is -2.18. The van der Waals surface area contributed by atoms with Gasteiger partial charge < -0.3 is 5.32 Å². The second kappa shape index (κ2) is 9.34. The number of benzene rings is 1. The zero-order chi connectivity index (χ0) is 21.7. The number of carbonyl (C=O) groups is 1. The molecule has 2 aromatic rings. The number of aromatic nitrogens is 2. The smallest absolute Gasteiger partial charge is 0.352 e. The van der Waals surface area contributed by atoms with E-state index in [1.165, 1.54) is 12.4 Å². The van der Waals surface area contributed by atoms with Crippen LogP contribution in [0.5, 0.6) is 0 Å². The third-order valence-electron chi connectivity index (χ3n) is 4.70. The number of allylic oxidation sites excluding steroid dienone is 1. The molecule has 1 atom stereocenters. The van der Waals surface area contributed by atoms with Crippen LogP contribution in [-0.2, 0) is 4.79 Å². The fourth-order valence-electron chi connectivity index (χ4n) is 3.24. The fourth-order valence-corrected chi connectivity index (χ4v) is 3.37. The monoisotopic (exact) mass is 439 g/mol. The molecule has 160 valence electrons. The van der Waals surface area contributed by atoms with Crippen molar-refractivity contribution >= 4 is 23.5 Å². The molecule has 1 aromatic heterocycles. The molecule has 10 heteroatoms. The molecule has 0 bridgehead atoms. The molecule has 3 rings (SSSR count). The van der Waals surface area contributed by atoms with Gasteiger partial charge in [0.2, 0.25) is 5.95 Å². The van der Waals surface area contributed by atoms with Crippen molar-refractivity contribution in [2.75, 3.05) is 18.1 Å². The molecule has 30 heavy (non-hydrogen) atoms. The summed E-state index contributed by atoms with van der Waals surface area (Å²) in [5, 5.41) is 4.35. The van der Waals surface area contributed by atoms with Crippen LogP contribution in [0.2, 0.25) is 5.02 Å². The maximum atomic E-state index is 13.5. The number of rotatable bonds is 7. The fraction of sp³-hybridized carbons (Fsp3) is 0.350. The maximum Gasteiger partial charge on any atom is 0.433 e. The van der Waals surface area contributed by atoms with Gasteiger partial charge in [0, 0.05) is 29.9 Å². The molecule has 0 aliphatic carbocycles. The van der Waals surface area contributed by atoms with Crippen LogP contribution in [-0.4, -0.2) is 35.1 Å². The van der Waals surface area contributed by atoms with Crippen LogP contribution in [0.4, 0.5) is 19.1 Å². The summed E-state index contributed by atoms with van der Waals surface area (Å²) >= 11 is 5.93. The molecule has 2 N–H and O–H groups in total. The quantitative estimate of drug-likeness (QED) is 0.683. The molecular weight excluding hydrogens is 419 g/mol. The Balaban J connectivity index is 1.74. The maximum absolute atomic E-state index is 13.5. The first-order valence-electron chi connectivity index (χ1n) is 9.44. The lowest BCUT2D eigenvalue weighted by Crippen LogP contribution is -2.37. The highest BCUT2D eigenvalue weighted by Crippen LogP contribution is 2.31. The average Bonchev–Trinajstić information content (AvgIpc) is 3.18. The Kier molecular flexibility index (Phi) is 6.81. The van der Waals surface area contributed by atoms with E-state index in [2.05, 4.69) is 20.7 Å². The van der Waals surface area contributed by atoms with Crippen molar-refractivity contribution in [2.45, 2.75) is 31.9 Å². The second-order valence-electron chi connectivity index (χ2n) is 6.85. The number of nitrogens with one attached hydrogen (secondary N) is 2. The molecule has 0 spiro atoms. The third kappa shape index (κ3) is 5.21. The lowest BCUT2D eigenvalue weighted by molar-refractivity contribution is -0.119. The minimum absolute atomic E-state index is 0.0333. The van der Waals surface area contributed by atoms with Crippen LogP contribution in [0.1, 0.15) is 31.2 Å². The van der Waals surface area contributed by atoms with E-state index in [4.69, 9.17) is 11.6 Å². The van der Waals surface area contributed by atoms with Crippen molar-refractivity contribution < 1.29 is 18.0 Å². The average molecular weight is 440 g/mol. The van der Waals surface area contributed by atoms with E-state index in [1.54, 1.807) is 18.2 Å². The molecule has 1 aromatic carbocycles. The Morgan fingerprint density at radius 2 is 1.93 bits per heavy atom. The molecule has 1 unspecified atom stereocenters. The highest BCUT2D eigenvalue weighted by atomic mass is 35.5. The highest BCUT2D eigenvalue weighted by molar-refractivity contribution is 6.30. The number of nitrogens with zero attached hydrogens (tertiary/aromatic N) is 3. The van der Waals surface area contributed by atoms with E-state index in [1.807, 2.05) is 19.1 Å². The van der Waals surface area contributed by atoms with Gasteiger partial charge in [0.05, 0.1) is 12.1 Å². The normalized spacial score (nSPS) is 15.2. The van der Waals surface area contributed by atoms with Gasteiger partial charge in [-0.3, -0.25) is 10.2 Å². The molecule has 0 saturated carbocycles. The minimum Gasteiger partial charge on any atom is -0.352 e. The number of anilines is 1. The van der Waals surface area contributed by atoms with Crippen molar-refractivity contribution in [3.05, 3.63) is 64.6 Å². The van der Waals surface area contributed by atoms with Crippen molar-refractivity contribution in [1.29, 1.82) is 0 Å². The predicted molar refractivity (Wildman–Crippen MR) is 108 cm³/mol. The zero-order valence-electron chi connectivity index (χ0n) is 16.2. The summed E-state index contributed by atoms with van der Waals surface area (Å²) in [5.74, 6) is -0.760. The molecule has 1 aliphatic heterocycles. The van der Waals surface area contributed by atoms with E-state index in [0.717, 1.165) is 23.4 Å². The molecule has 0 fully saturated rings. The van der Waals surface area contributed by atoms with Crippen molar-refractivity contribution in [3.8, 4) is 0 Å². The number of hydrogen-bond acceptors (Lipinski definition) is 5. The Labute approximate surface area is 177 Å². The first kappa shape index (κ1) is 21.9. The van der Waals surface area contributed by atoms with E-state index < -0.39 is 23.4 Å². The van der Waals surface area contributed by atoms with Crippen LogP contribution in [0, 0.1) is 0 Å². The summed E-state index contributed by atoms with van der Waals surface area (Å²) in [6.07, 6.45) is -0.252. The number of alkyl halides is 3. The van der Waals surface area contributed by atoms with Gasteiger partial charge in [-0.05, 0) is 30.2 Å². The van der Waals surface area contributed by atoms with Gasteiger partial charge in [0.15, 0.2) is 0 Å². The summed E-state index contributed by atoms with van der Waals surface area (Å²) in [7, 11) is 0. The number of carbonyl (C=O) groups excluding carboxylic acids is 1. The van der Waals surface area contributed by atoms with Gasteiger partial charge in [-0.25, -0.2) is 15.0 Å². The topological polar surface area (TPSA) is 70.2 Å². The van der Waals surface area contributed by atoms with E-state index in [9.17, 15) is 18.0 Å². The van der Waals surface area contributed by atoms with Gasteiger partial charge in [-0.1, -0.05) is 37.1 Å². The largest absolute Gasteiger partial charge is 0.433 e. The second-order valence-corrected chi connectivity index (χ2v) is 7.28. The van der Waals surface area contributed by atoms with Crippen molar-refractivity contribution in [1.82, 2.24) is 20.7 Å². The summed E-state index contributed by atoms with van der Waals surface area (Å²) in [6.45, 7) is 1.92. The summed E-state index contributed by atoms with van der Waals surface area (Å²) < 4.78 is 40.5.